The van der Waals surface area contributed by atoms with Gasteiger partial charge in [0.2, 0.25) is 0 Å². The van der Waals surface area contributed by atoms with E-state index >= 15 is 0 Å². The minimum absolute atomic E-state index is 0.207. The molecule has 1 aliphatic heterocycles. The quantitative estimate of drug-likeness (QED) is 0.667. The van der Waals surface area contributed by atoms with Crippen molar-refractivity contribution in [2.45, 2.75) is 38.8 Å². The van der Waals surface area contributed by atoms with Gasteiger partial charge in [0.25, 0.3) is 5.69 Å². The first-order chi connectivity index (χ1) is 9.13. The summed E-state index contributed by atoms with van der Waals surface area (Å²) in [5.74, 6) is 0. The molecule has 1 unspecified atom stereocenters. The van der Waals surface area contributed by atoms with Crippen molar-refractivity contribution in [2.24, 2.45) is 5.73 Å². The molecule has 1 atom stereocenters. The third-order valence-corrected chi connectivity index (χ3v) is 4.01. The van der Waals surface area contributed by atoms with E-state index in [0.717, 1.165) is 30.6 Å². The number of likely N-dealkylation sites (tertiary alicyclic amines) is 1. The number of piperidine rings is 1. The molecule has 1 saturated heterocycles. The maximum absolute atomic E-state index is 11.0. The third kappa shape index (κ3) is 3.11. The fourth-order valence-electron chi connectivity index (χ4n) is 2.79. The first kappa shape index (κ1) is 14.0. The fourth-order valence-corrected chi connectivity index (χ4v) is 2.79. The highest BCUT2D eigenvalue weighted by atomic mass is 16.6. The summed E-state index contributed by atoms with van der Waals surface area (Å²) in [6.07, 6.45) is 3.54. The monoisotopic (exact) mass is 263 g/mol. The number of benzene rings is 1. The lowest BCUT2D eigenvalue weighted by Gasteiger charge is -2.35. The van der Waals surface area contributed by atoms with Gasteiger partial charge in [-0.1, -0.05) is 18.6 Å². The van der Waals surface area contributed by atoms with Gasteiger partial charge in [-0.3, -0.25) is 15.0 Å². The Morgan fingerprint density at radius 2 is 2.26 bits per heavy atom. The van der Waals surface area contributed by atoms with Gasteiger partial charge in [0.05, 0.1) is 4.92 Å². The van der Waals surface area contributed by atoms with Crippen LogP contribution in [0.25, 0.3) is 0 Å². The van der Waals surface area contributed by atoms with E-state index in [1.807, 2.05) is 13.0 Å². The fraction of sp³-hybridized carbons (Fsp3) is 0.571. The smallest absolute Gasteiger partial charge is 0.272 e. The summed E-state index contributed by atoms with van der Waals surface area (Å²) >= 11 is 0. The Morgan fingerprint density at radius 3 is 2.95 bits per heavy atom. The zero-order valence-corrected chi connectivity index (χ0v) is 11.3. The van der Waals surface area contributed by atoms with Crippen LogP contribution in [0.4, 0.5) is 5.69 Å². The van der Waals surface area contributed by atoms with E-state index in [9.17, 15) is 10.1 Å². The summed E-state index contributed by atoms with van der Waals surface area (Å²) < 4.78 is 0. The summed E-state index contributed by atoms with van der Waals surface area (Å²) in [4.78, 5) is 13.0. The first-order valence-corrected chi connectivity index (χ1v) is 6.80. The van der Waals surface area contributed by atoms with Crippen molar-refractivity contribution in [3.8, 4) is 0 Å². The van der Waals surface area contributed by atoms with Crippen LogP contribution in [-0.2, 0) is 6.54 Å². The van der Waals surface area contributed by atoms with Crippen molar-refractivity contribution in [1.29, 1.82) is 0 Å². The molecule has 1 heterocycles. The molecule has 0 saturated carbocycles. The second-order valence-electron chi connectivity index (χ2n) is 5.17. The van der Waals surface area contributed by atoms with Crippen LogP contribution in [0.15, 0.2) is 18.2 Å². The second-order valence-corrected chi connectivity index (χ2v) is 5.17. The van der Waals surface area contributed by atoms with Gasteiger partial charge in [0, 0.05) is 30.8 Å². The van der Waals surface area contributed by atoms with Crippen molar-refractivity contribution >= 4 is 5.69 Å². The van der Waals surface area contributed by atoms with E-state index in [4.69, 9.17) is 5.73 Å². The largest absolute Gasteiger partial charge is 0.329 e. The summed E-state index contributed by atoms with van der Waals surface area (Å²) in [7, 11) is 0. The molecule has 19 heavy (non-hydrogen) atoms. The van der Waals surface area contributed by atoms with Crippen LogP contribution in [0, 0.1) is 17.0 Å². The van der Waals surface area contributed by atoms with Crippen LogP contribution >= 0.6 is 0 Å². The van der Waals surface area contributed by atoms with Crippen molar-refractivity contribution in [2.75, 3.05) is 13.1 Å². The Bertz CT molecular complexity index is 462. The summed E-state index contributed by atoms with van der Waals surface area (Å²) in [5.41, 5.74) is 7.83. The average Bonchev–Trinajstić information content (AvgIpc) is 2.41. The summed E-state index contributed by atoms with van der Waals surface area (Å²) in [6, 6.07) is 5.72. The topological polar surface area (TPSA) is 72.4 Å². The lowest BCUT2D eigenvalue weighted by atomic mass is 9.99. The van der Waals surface area contributed by atoms with E-state index < -0.39 is 0 Å². The molecule has 5 nitrogen and oxygen atoms in total. The number of hydrogen-bond donors (Lipinski definition) is 1. The van der Waals surface area contributed by atoms with Gasteiger partial charge >= 0.3 is 0 Å². The molecule has 1 aromatic carbocycles. The number of nitro benzene ring substituents is 1. The number of nitro groups is 1. The standard InChI is InChI=1S/C14H21N3O2/c1-11-12(5-4-7-14(11)17(18)19)10-16-8-3-2-6-13(16)9-15/h4-5,7,13H,2-3,6,8-10,15H2,1H3. The molecule has 0 aromatic heterocycles. The number of nitrogens with two attached hydrogens (primary N) is 1. The highest BCUT2D eigenvalue weighted by molar-refractivity contribution is 5.44. The molecular formula is C14H21N3O2. The maximum Gasteiger partial charge on any atom is 0.272 e. The molecule has 5 heteroatoms. The maximum atomic E-state index is 11.0. The Morgan fingerprint density at radius 1 is 1.47 bits per heavy atom. The molecule has 1 aromatic rings. The predicted octanol–water partition coefficient (Wildman–Crippen LogP) is 2.22. The van der Waals surface area contributed by atoms with Crippen molar-refractivity contribution in [3.63, 3.8) is 0 Å². The average molecular weight is 263 g/mol. The molecule has 0 radical (unpaired) electrons. The molecule has 2 N–H and O–H groups in total. The SMILES string of the molecule is Cc1c(CN2CCCCC2CN)cccc1[N+](=O)[O-]. The van der Waals surface area contributed by atoms with Crippen molar-refractivity contribution < 1.29 is 4.92 Å². The van der Waals surface area contributed by atoms with Crippen LogP contribution in [0.3, 0.4) is 0 Å². The third-order valence-electron chi connectivity index (χ3n) is 4.01. The van der Waals surface area contributed by atoms with Crippen molar-refractivity contribution in [1.82, 2.24) is 4.90 Å². The van der Waals surface area contributed by atoms with Gasteiger partial charge in [-0.15, -0.1) is 0 Å². The molecule has 0 amide bonds. The number of nitrogens with zero attached hydrogens (tertiary/aromatic N) is 2. The predicted molar refractivity (Wildman–Crippen MR) is 74.9 cm³/mol. The minimum Gasteiger partial charge on any atom is -0.329 e. The number of rotatable bonds is 4. The molecule has 2 rings (SSSR count). The van der Waals surface area contributed by atoms with Crippen LogP contribution in [0.2, 0.25) is 0 Å². The van der Waals surface area contributed by atoms with Crippen LogP contribution in [-0.4, -0.2) is 29.0 Å². The van der Waals surface area contributed by atoms with E-state index in [0.29, 0.717) is 12.6 Å². The van der Waals surface area contributed by atoms with Crippen LogP contribution in [0.1, 0.15) is 30.4 Å². The molecule has 0 aliphatic carbocycles. The van der Waals surface area contributed by atoms with Gasteiger partial charge < -0.3 is 5.73 Å². The van der Waals surface area contributed by atoms with Gasteiger partial charge in [-0.05, 0) is 31.9 Å². The lowest BCUT2D eigenvalue weighted by molar-refractivity contribution is -0.385. The van der Waals surface area contributed by atoms with Crippen LogP contribution in [0.5, 0.6) is 0 Å². The number of hydrogen-bond acceptors (Lipinski definition) is 4. The highest BCUT2D eigenvalue weighted by Gasteiger charge is 2.22. The lowest BCUT2D eigenvalue weighted by Crippen LogP contribution is -2.43. The molecule has 0 bridgehead atoms. The van der Waals surface area contributed by atoms with E-state index in [-0.39, 0.29) is 10.6 Å². The summed E-state index contributed by atoms with van der Waals surface area (Å²) in [6.45, 7) is 4.28. The Balaban J connectivity index is 2.18. The van der Waals surface area contributed by atoms with E-state index in [2.05, 4.69) is 4.90 Å². The second kappa shape index (κ2) is 6.12. The van der Waals surface area contributed by atoms with Crippen LogP contribution < -0.4 is 5.73 Å². The molecule has 1 aliphatic rings. The zero-order valence-electron chi connectivity index (χ0n) is 11.3. The Labute approximate surface area is 113 Å². The summed E-state index contributed by atoms with van der Waals surface area (Å²) in [5, 5.41) is 11.0. The molecular weight excluding hydrogens is 242 g/mol. The van der Waals surface area contributed by atoms with Gasteiger partial charge in [0.15, 0.2) is 0 Å². The zero-order chi connectivity index (χ0) is 13.8. The van der Waals surface area contributed by atoms with Crippen molar-refractivity contribution in [3.05, 3.63) is 39.4 Å². The molecule has 1 fully saturated rings. The Kier molecular flexibility index (Phi) is 4.50. The Hall–Kier alpha value is -1.46. The van der Waals surface area contributed by atoms with Gasteiger partial charge in [-0.2, -0.15) is 0 Å². The van der Waals surface area contributed by atoms with E-state index in [1.54, 1.807) is 12.1 Å². The minimum atomic E-state index is -0.310. The normalized spacial score (nSPS) is 20.4. The van der Waals surface area contributed by atoms with E-state index in [1.165, 1.54) is 12.8 Å². The highest BCUT2D eigenvalue weighted by Crippen LogP contribution is 2.25. The molecule has 0 spiro atoms. The van der Waals surface area contributed by atoms with Gasteiger partial charge in [0.1, 0.15) is 0 Å². The first-order valence-electron chi connectivity index (χ1n) is 6.80. The van der Waals surface area contributed by atoms with Gasteiger partial charge in [-0.25, -0.2) is 0 Å². The molecule has 104 valence electrons.